The normalized spacial score (nSPS) is 11.1. The second kappa shape index (κ2) is 3.96. The molecule has 78 valence electrons. The largest absolute Gasteiger partial charge is 0.443 e. The summed E-state index contributed by atoms with van der Waals surface area (Å²) >= 11 is 1.44. The Labute approximate surface area is 87.5 Å². The van der Waals surface area contributed by atoms with Crippen LogP contribution in [0.3, 0.4) is 0 Å². The molecule has 0 aromatic carbocycles. The van der Waals surface area contributed by atoms with E-state index in [1.165, 1.54) is 16.2 Å². The molecular formula is C9H14N2O2S. The number of carbonyl (C=O) groups is 1. The van der Waals surface area contributed by atoms with Crippen molar-refractivity contribution in [3.8, 4) is 0 Å². The van der Waals surface area contributed by atoms with E-state index in [1.807, 2.05) is 20.8 Å². The van der Waals surface area contributed by atoms with Crippen LogP contribution < -0.4 is 4.90 Å². The van der Waals surface area contributed by atoms with Crippen molar-refractivity contribution >= 4 is 23.2 Å². The van der Waals surface area contributed by atoms with Gasteiger partial charge in [-0.15, -0.1) is 11.3 Å². The van der Waals surface area contributed by atoms with Crippen molar-refractivity contribution in [1.82, 2.24) is 4.98 Å². The maximum Gasteiger partial charge on any atom is 0.415 e. The number of thiazole rings is 1. The number of amides is 1. The van der Waals surface area contributed by atoms with Gasteiger partial charge in [0.25, 0.3) is 0 Å². The van der Waals surface area contributed by atoms with Crippen molar-refractivity contribution in [2.24, 2.45) is 0 Å². The second-order valence-corrected chi connectivity index (χ2v) is 4.60. The van der Waals surface area contributed by atoms with Crippen LogP contribution in [-0.4, -0.2) is 23.7 Å². The fourth-order valence-corrected chi connectivity index (χ4v) is 1.37. The van der Waals surface area contributed by atoms with E-state index in [9.17, 15) is 4.79 Å². The highest BCUT2D eigenvalue weighted by Crippen LogP contribution is 2.15. The van der Waals surface area contributed by atoms with Gasteiger partial charge in [0, 0.05) is 12.4 Å². The third-order valence-corrected chi connectivity index (χ3v) is 2.00. The minimum absolute atomic E-state index is 0.386. The van der Waals surface area contributed by atoms with Crippen LogP contribution in [0.5, 0.6) is 0 Å². The molecule has 1 rings (SSSR count). The number of anilines is 1. The van der Waals surface area contributed by atoms with Gasteiger partial charge in [0.05, 0.1) is 5.51 Å². The number of ether oxygens (including phenoxy) is 1. The van der Waals surface area contributed by atoms with Gasteiger partial charge in [0.2, 0.25) is 0 Å². The van der Waals surface area contributed by atoms with Crippen molar-refractivity contribution in [3.05, 3.63) is 10.9 Å². The van der Waals surface area contributed by atoms with Gasteiger partial charge in [0.15, 0.2) is 0 Å². The summed E-state index contributed by atoms with van der Waals surface area (Å²) in [5, 5.41) is 1.80. The predicted molar refractivity (Wildman–Crippen MR) is 56.8 cm³/mol. The topological polar surface area (TPSA) is 42.4 Å². The van der Waals surface area contributed by atoms with Crippen LogP contribution >= 0.6 is 11.3 Å². The number of aromatic nitrogens is 1. The molecule has 0 aliphatic heterocycles. The van der Waals surface area contributed by atoms with Crippen LogP contribution in [0.4, 0.5) is 10.6 Å². The minimum Gasteiger partial charge on any atom is -0.443 e. The van der Waals surface area contributed by atoms with Gasteiger partial charge in [0.1, 0.15) is 11.4 Å². The number of hydrogen-bond acceptors (Lipinski definition) is 4. The van der Waals surface area contributed by atoms with Crippen molar-refractivity contribution in [3.63, 3.8) is 0 Å². The fraction of sp³-hybridized carbons (Fsp3) is 0.556. The molecule has 0 N–H and O–H groups in total. The van der Waals surface area contributed by atoms with Gasteiger partial charge in [-0.05, 0) is 20.8 Å². The van der Waals surface area contributed by atoms with E-state index in [0.717, 1.165) is 0 Å². The molecule has 0 saturated heterocycles. The molecule has 1 aromatic rings. The Hall–Kier alpha value is -1.10. The number of carbonyl (C=O) groups excluding carboxylic acids is 1. The van der Waals surface area contributed by atoms with Gasteiger partial charge in [-0.3, -0.25) is 4.90 Å². The average Bonchev–Trinajstić information content (AvgIpc) is 2.51. The quantitative estimate of drug-likeness (QED) is 0.721. The lowest BCUT2D eigenvalue weighted by atomic mass is 10.2. The highest BCUT2D eigenvalue weighted by Gasteiger charge is 2.21. The van der Waals surface area contributed by atoms with Crippen LogP contribution in [0.25, 0.3) is 0 Å². The van der Waals surface area contributed by atoms with E-state index in [2.05, 4.69) is 4.98 Å². The molecule has 1 heterocycles. The molecule has 0 fully saturated rings. The summed E-state index contributed by atoms with van der Waals surface area (Å²) in [5.41, 5.74) is 1.21. The number of rotatable bonds is 1. The Kier molecular flexibility index (Phi) is 3.10. The standard InChI is InChI=1S/C9H14N2O2S/c1-9(2,3)13-8(12)11(4)7-5-14-6-10-7/h5-6H,1-4H3. The number of nitrogens with zero attached hydrogens (tertiary/aromatic N) is 2. The van der Waals surface area contributed by atoms with Gasteiger partial charge in [-0.2, -0.15) is 0 Å². The molecule has 0 bridgehead atoms. The summed E-state index contributed by atoms with van der Waals surface area (Å²) in [4.78, 5) is 16.9. The van der Waals surface area contributed by atoms with Crippen molar-refractivity contribution in [2.75, 3.05) is 11.9 Å². The summed E-state index contributed by atoms with van der Waals surface area (Å²) in [7, 11) is 1.64. The van der Waals surface area contributed by atoms with E-state index in [4.69, 9.17) is 4.74 Å². The Morgan fingerprint density at radius 3 is 2.64 bits per heavy atom. The molecule has 0 unspecified atom stereocenters. The predicted octanol–water partition coefficient (Wildman–Crippen LogP) is 2.51. The molecule has 0 aliphatic carbocycles. The third-order valence-electron chi connectivity index (χ3n) is 1.43. The van der Waals surface area contributed by atoms with Gasteiger partial charge < -0.3 is 4.74 Å². The summed E-state index contributed by atoms with van der Waals surface area (Å²) < 4.78 is 5.17. The molecule has 1 amide bonds. The average molecular weight is 214 g/mol. The van der Waals surface area contributed by atoms with Crippen LogP contribution in [0, 0.1) is 0 Å². The first-order valence-electron chi connectivity index (χ1n) is 4.25. The molecule has 14 heavy (non-hydrogen) atoms. The third kappa shape index (κ3) is 2.99. The van der Waals surface area contributed by atoms with Crippen molar-refractivity contribution in [2.45, 2.75) is 26.4 Å². The van der Waals surface area contributed by atoms with Gasteiger partial charge in [-0.25, -0.2) is 9.78 Å². The first-order valence-corrected chi connectivity index (χ1v) is 5.19. The molecule has 4 nitrogen and oxygen atoms in total. The lowest BCUT2D eigenvalue weighted by Crippen LogP contribution is -2.34. The zero-order chi connectivity index (χ0) is 10.8. The first-order chi connectivity index (χ1) is 6.40. The smallest absolute Gasteiger partial charge is 0.415 e. The highest BCUT2D eigenvalue weighted by molar-refractivity contribution is 7.07. The van der Waals surface area contributed by atoms with E-state index < -0.39 is 5.60 Å². The number of hydrogen-bond donors (Lipinski definition) is 0. The molecule has 0 aliphatic rings. The fourth-order valence-electron chi connectivity index (χ4n) is 0.796. The van der Waals surface area contributed by atoms with Crippen LogP contribution in [0.15, 0.2) is 10.9 Å². The SMILES string of the molecule is CN(C(=O)OC(C)(C)C)c1cscn1. The molecule has 0 saturated carbocycles. The molecule has 0 spiro atoms. The second-order valence-electron chi connectivity index (χ2n) is 3.89. The van der Waals surface area contributed by atoms with Crippen LogP contribution in [0.1, 0.15) is 20.8 Å². The zero-order valence-electron chi connectivity index (χ0n) is 8.77. The molecule has 0 radical (unpaired) electrons. The van der Waals surface area contributed by atoms with Crippen molar-refractivity contribution in [1.29, 1.82) is 0 Å². The van der Waals surface area contributed by atoms with E-state index in [1.54, 1.807) is 17.9 Å². The minimum atomic E-state index is -0.471. The Morgan fingerprint density at radius 1 is 1.57 bits per heavy atom. The lowest BCUT2D eigenvalue weighted by molar-refractivity contribution is 0.0588. The summed E-state index contributed by atoms with van der Waals surface area (Å²) in [5.74, 6) is 0.615. The Bertz CT molecular complexity index is 303. The summed E-state index contributed by atoms with van der Waals surface area (Å²) in [6.45, 7) is 5.50. The molecule has 5 heteroatoms. The Balaban J connectivity index is 2.63. The van der Waals surface area contributed by atoms with Gasteiger partial charge >= 0.3 is 6.09 Å². The molecular weight excluding hydrogens is 200 g/mol. The van der Waals surface area contributed by atoms with Crippen LogP contribution in [0.2, 0.25) is 0 Å². The molecule has 0 atom stereocenters. The monoisotopic (exact) mass is 214 g/mol. The maximum atomic E-state index is 11.5. The lowest BCUT2D eigenvalue weighted by Gasteiger charge is -2.23. The maximum absolute atomic E-state index is 11.5. The van der Waals surface area contributed by atoms with E-state index in [-0.39, 0.29) is 6.09 Å². The van der Waals surface area contributed by atoms with Crippen molar-refractivity contribution < 1.29 is 9.53 Å². The molecule has 1 aromatic heterocycles. The van der Waals surface area contributed by atoms with E-state index in [0.29, 0.717) is 5.82 Å². The summed E-state index contributed by atoms with van der Waals surface area (Å²) in [6, 6.07) is 0. The Morgan fingerprint density at radius 2 is 2.21 bits per heavy atom. The van der Waals surface area contributed by atoms with E-state index >= 15 is 0 Å². The first kappa shape index (κ1) is 11.0. The van der Waals surface area contributed by atoms with Crippen LogP contribution in [-0.2, 0) is 4.74 Å². The zero-order valence-corrected chi connectivity index (χ0v) is 9.59. The van der Waals surface area contributed by atoms with Gasteiger partial charge in [-0.1, -0.05) is 0 Å². The highest BCUT2D eigenvalue weighted by atomic mass is 32.1. The summed E-state index contributed by atoms with van der Waals surface area (Å²) in [6.07, 6.45) is -0.386.